The maximum absolute atomic E-state index is 12.8. The Morgan fingerprint density at radius 1 is 1.30 bits per heavy atom. The summed E-state index contributed by atoms with van der Waals surface area (Å²) in [7, 11) is 0. The van der Waals surface area contributed by atoms with Gasteiger partial charge in [0.25, 0.3) is 0 Å². The number of carbonyl (C=O) groups is 2. The van der Waals surface area contributed by atoms with E-state index in [4.69, 9.17) is 9.84 Å². The molecular weight excluding hydrogens is 384 g/mol. The second kappa shape index (κ2) is 10.2. The van der Waals surface area contributed by atoms with Gasteiger partial charge in [-0.25, -0.2) is 4.68 Å². The summed E-state index contributed by atoms with van der Waals surface area (Å²) in [5.74, 6) is -0.587. The summed E-state index contributed by atoms with van der Waals surface area (Å²) in [6.45, 7) is 5.10. The zero-order valence-electron chi connectivity index (χ0n) is 18.0. The minimum absolute atomic E-state index is 0.0464. The third-order valence-electron chi connectivity index (χ3n) is 5.97. The number of rotatable bonds is 9. The van der Waals surface area contributed by atoms with Gasteiger partial charge in [-0.1, -0.05) is 31.2 Å². The number of carboxylic acids is 1. The summed E-state index contributed by atoms with van der Waals surface area (Å²) in [5.41, 5.74) is 0.161. The molecule has 8 heteroatoms. The Bertz CT molecular complexity index is 752. The summed E-state index contributed by atoms with van der Waals surface area (Å²) >= 11 is 0. The summed E-state index contributed by atoms with van der Waals surface area (Å²) in [6, 6.07) is -0.0171. The van der Waals surface area contributed by atoms with E-state index in [0.29, 0.717) is 5.92 Å². The normalized spacial score (nSPS) is 21.3. The molecule has 30 heavy (non-hydrogen) atoms. The summed E-state index contributed by atoms with van der Waals surface area (Å²) in [6.07, 6.45) is 12.4. The van der Waals surface area contributed by atoms with Crippen molar-refractivity contribution < 1.29 is 19.4 Å². The van der Waals surface area contributed by atoms with Crippen LogP contribution < -0.4 is 5.32 Å². The van der Waals surface area contributed by atoms with Gasteiger partial charge in [-0.3, -0.25) is 9.59 Å². The van der Waals surface area contributed by atoms with E-state index in [9.17, 15) is 9.59 Å². The number of hydrogen-bond acceptors (Lipinski definition) is 5. The highest BCUT2D eigenvalue weighted by Gasteiger charge is 2.29. The molecule has 0 spiro atoms. The maximum Gasteiger partial charge on any atom is 0.303 e. The zero-order valence-corrected chi connectivity index (χ0v) is 18.0. The molecule has 2 heterocycles. The number of aromatic nitrogens is 3. The second-order valence-electron chi connectivity index (χ2n) is 9.37. The molecule has 0 saturated carbocycles. The molecular formula is C22H34N4O4. The van der Waals surface area contributed by atoms with Crippen molar-refractivity contribution in [1.82, 2.24) is 20.3 Å². The number of ether oxygens (including phenoxy) is 1. The van der Waals surface area contributed by atoms with Gasteiger partial charge in [-0.15, -0.1) is 5.10 Å². The lowest BCUT2D eigenvalue weighted by molar-refractivity contribution is -0.139. The van der Waals surface area contributed by atoms with Crippen molar-refractivity contribution in [3.8, 4) is 0 Å². The summed E-state index contributed by atoms with van der Waals surface area (Å²) < 4.78 is 7.36. The average Bonchev–Trinajstić information content (AvgIpc) is 3.17. The van der Waals surface area contributed by atoms with Crippen LogP contribution in [0.1, 0.15) is 83.0 Å². The Hall–Kier alpha value is -2.22. The number of amides is 1. The highest BCUT2D eigenvalue weighted by molar-refractivity contribution is 5.78. The monoisotopic (exact) mass is 418 g/mol. The van der Waals surface area contributed by atoms with Gasteiger partial charge >= 0.3 is 5.97 Å². The maximum atomic E-state index is 12.8. The van der Waals surface area contributed by atoms with Crippen LogP contribution in [0.2, 0.25) is 0 Å². The molecule has 3 rings (SSSR count). The van der Waals surface area contributed by atoms with Crippen molar-refractivity contribution >= 4 is 11.9 Å². The number of aliphatic carboxylic acids is 1. The van der Waals surface area contributed by atoms with Crippen LogP contribution >= 0.6 is 0 Å². The Kier molecular flexibility index (Phi) is 7.64. The number of carbonyl (C=O) groups excluding carboxylic acids is 1. The fourth-order valence-corrected chi connectivity index (χ4v) is 4.35. The molecule has 1 aliphatic heterocycles. The molecule has 0 aromatic carbocycles. The van der Waals surface area contributed by atoms with E-state index >= 15 is 0 Å². The topological polar surface area (TPSA) is 106 Å². The van der Waals surface area contributed by atoms with Crippen LogP contribution in [0, 0.1) is 11.3 Å². The van der Waals surface area contributed by atoms with Gasteiger partial charge in [0.05, 0.1) is 24.7 Å². The third kappa shape index (κ3) is 6.65. The molecule has 0 radical (unpaired) electrons. The fourth-order valence-electron chi connectivity index (χ4n) is 4.35. The predicted octanol–water partition coefficient (Wildman–Crippen LogP) is 3.42. The van der Waals surface area contributed by atoms with Gasteiger partial charge in [0.2, 0.25) is 5.91 Å². The van der Waals surface area contributed by atoms with Gasteiger partial charge in [0.15, 0.2) is 0 Å². The first-order valence-corrected chi connectivity index (χ1v) is 11.0. The lowest BCUT2D eigenvalue weighted by atomic mass is 9.85. The van der Waals surface area contributed by atoms with Gasteiger partial charge < -0.3 is 15.2 Å². The Balaban J connectivity index is 1.70. The smallest absolute Gasteiger partial charge is 0.303 e. The van der Waals surface area contributed by atoms with Crippen molar-refractivity contribution in [3.05, 3.63) is 24.0 Å². The second-order valence-corrected chi connectivity index (χ2v) is 9.37. The molecule has 1 saturated heterocycles. The van der Waals surface area contributed by atoms with Crippen molar-refractivity contribution in [2.75, 3.05) is 13.2 Å². The molecule has 0 bridgehead atoms. The third-order valence-corrected chi connectivity index (χ3v) is 5.97. The lowest BCUT2D eigenvalue weighted by Gasteiger charge is -2.28. The van der Waals surface area contributed by atoms with Crippen molar-refractivity contribution in [1.29, 1.82) is 0 Å². The van der Waals surface area contributed by atoms with E-state index < -0.39 is 11.4 Å². The van der Waals surface area contributed by atoms with Crippen LogP contribution in [0.25, 0.3) is 0 Å². The molecule has 8 nitrogen and oxygen atoms in total. The molecule has 2 unspecified atom stereocenters. The van der Waals surface area contributed by atoms with Crippen molar-refractivity contribution in [2.24, 2.45) is 11.3 Å². The molecule has 1 aromatic heterocycles. The van der Waals surface area contributed by atoms with Crippen LogP contribution in [0.5, 0.6) is 0 Å². The van der Waals surface area contributed by atoms with Gasteiger partial charge in [0.1, 0.15) is 5.69 Å². The van der Waals surface area contributed by atoms with Gasteiger partial charge in [-0.05, 0) is 49.9 Å². The standard InChI is InChI=1S/C22H34N4O4/c1-22(2,14-21(28)29)13-20(27)23-18(12-16-8-10-30-11-9-16)19-15-26(25-24-19)17-6-4-3-5-7-17/h4,6,15-18H,3,5,7-14H2,1-2H3,(H,23,27)(H,28,29). The number of hydrogen-bond donors (Lipinski definition) is 2. The van der Waals surface area contributed by atoms with Gasteiger partial charge in [0, 0.05) is 19.6 Å². The van der Waals surface area contributed by atoms with Crippen molar-refractivity contribution in [2.45, 2.75) is 77.3 Å². The van der Waals surface area contributed by atoms with Crippen LogP contribution in [-0.4, -0.2) is 45.2 Å². The van der Waals surface area contributed by atoms with E-state index in [1.54, 1.807) is 13.8 Å². The Labute approximate surface area is 178 Å². The quantitative estimate of drug-likeness (QED) is 0.595. The number of allylic oxidation sites excluding steroid dienone is 2. The van der Waals surface area contributed by atoms with E-state index in [-0.39, 0.29) is 30.8 Å². The van der Waals surface area contributed by atoms with Crippen LogP contribution in [0.3, 0.4) is 0 Å². The van der Waals surface area contributed by atoms with Crippen molar-refractivity contribution in [3.63, 3.8) is 0 Å². The Morgan fingerprint density at radius 2 is 2.07 bits per heavy atom. The highest BCUT2D eigenvalue weighted by atomic mass is 16.5. The first-order valence-electron chi connectivity index (χ1n) is 11.0. The molecule has 2 N–H and O–H groups in total. The molecule has 1 fully saturated rings. The van der Waals surface area contributed by atoms with E-state index in [1.165, 1.54) is 0 Å². The first-order chi connectivity index (χ1) is 14.3. The van der Waals surface area contributed by atoms with E-state index in [0.717, 1.165) is 57.4 Å². The van der Waals surface area contributed by atoms with Crippen LogP contribution in [0.4, 0.5) is 0 Å². The van der Waals surface area contributed by atoms with Crippen LogP contribution in [-0.2, 0) is 14.3 Å². The average molecular weight is 419 g/mol. The summed E-state index contributed by atoms with van der Waals surface area (Å²) in [5, 5.41) is 20.9. The fraction of sp³-hybridized carbons (Fsp3) is 0.727. The van der Waals surface area contributed by atoms with Crippen LogP contribution in [0.15, 0.2) is 18.3 Å². The van der Waals surface area contributed by atoms with E-state index in [2.05, 4.69) is 27.8 Å². The first kappa shape index (κ1) is 22.5. The van der Waals surface area contributed by atoms with Gasteiger partial charge in [-0.2, -0.15) is 0 Å². The largest absolute Gasteiger partial charge is 0.481 e. The number of carboxylic acid groups (broad SMARTS) is 1. The molecule has 2 atom stereocenters. The lowest BCUT2D eigenvalue weighted by Crippen LogP contribution is -2.34. The molecule has 1 amide bonds. The highest BCUT2D eigenvalue weighted by Crippen LogP contribution is 2.30. The zero-order chi connectivity index (χ0) is 21.6. The number of nitrogens with one attached hydrogen (secondary N) is 1. The molecule has 1 aromatic rings. The predicted molar refractivity (Wildman–Crippen MR) is 112 cm³/mol. The molecule has 2 aliphatic rings. The van der Waals surface area contributed by atoms with E-state index in [1.807, 2.05) is 10.9 Å². The minimum Gasteiger partial charge on any atom is -0.481 e. The Morgan fingerprint density at radius 3 is 2.73 bits per heavy atom. The molecule has 166 valence electrons. The molecule has 1 aliphatic carbocycles. The number of nitrogens with zero attached hydrogens (tertiary/aromatic N) is 3. The summed E-state index contributed by atoms with van der Waals surface area (Å²) in [4.78, 5) is 23.9. The SMILES string of the molecule is CC(C)(CC(=O)O)CC(=O)NC(CC1CCOCC1)c1cn(C2C=CCCC2)nn1. The minimum atomic E-state index is -0.893.